The second-order valence-corrected chi connectivity index (χ2v) is 5.13. The highest BCUT2D eigenvalue weighted by molar-refractivity contribution is 5.93. The third-order valence-corrected chi connectivity index (χ3v) is 3.76. The van der Waals surface area contributed by atoms with Crippen LogP contribution in [0.4, 0.5) is 4.39 Å². The van der Waals surface area contributed by atoms with Gasteiger partial charge in [0, 0.05) is 30.3 Å². The first kappa shape index (κ1) is 14.9. The van der Waals surface area contributed by atoms with Crippen LogP contribution < -0.4 is 11.3 Å². The summed E-state index contributed by atoms with van der Waals surface area (Å²) in [4.78, 5) is 13.5. The van der Waals surface area contributed by atoms with Gasteiger partial charge >= 0.3 is 0 Å². The largest absolute Gasteiger partial charge is 0.377 e. The Hall–Kier alpha value is -1.50. The number of likely N-dealkylation sites (N-methyl/N-ethyl adjacent to an activating group) is 1. The highest BCUT2D eigenvalue weighted by atomic mass is 19.1. The van der Waals surface area contributed by atoms with Gasteiger partial charge in [-0.05, 0) is 38.6 Å². The average Bonchev–Trinajstić information content (AvgIpc) is 2.86. The fourth-order valence-corrected chi connectivity index (χ4v) is 2.61. The van der Waals surface area contributed by atoms with Gasteiger partial charge in [-0.2, -0.15) is 0 Å². The zero-order chi connectivity index (χ0) is 14.7. The van der Waals surface area contributed by atoms with Crippen molar-refractivity contribution in [3.63, 3.8) is 0 Å². The van der Waals surface area contributed by atoms with E-state index >= 15 is 0 Å². The van der Waals surface area contributed by atoms with E-state index in [-0.39, 0.29) is 18.0 Å². The normalized spacial score (nSPS) is 22.2. The quantitative estimate of drug-likeness (QED) is 0.491. The van der Waals surface area contributed by atoms with Gasteiger partial charge in [-0.3, -0.25) is 15.1 Å². The number of hydrogen-bond donors (Lipinski definition) is 2. The van der Waals surface area contributed by atoms with Gasteiger partial charge in [0.05, 0.1) is 6.10 Å². The Balaban J connectivity index is 2.13. The lowest BCUT2D eigenvalue weighted by atomic mass is 10.1. The molecule has 5 nitrogen and oxygen atoms in total. The smallest absolute Gasteiger partial charge is 0.265 e. The lowest BCUT2D eigenvalue weighted by Crippen LogP contribution is -2.36. The summed E-state index contributed by atoms with van der Waals surface area (Å²) in [6, 6.07) is 4.51. The van der Waals surface area contributed by atoms with Crippen molar-refractivity contribution in [2.24, 2.45) is 5.84 Å². The number of halogens is 1. The zero-order valence-electron chi connectivity index (χ0n) is 11.7. The minimum atomic E-state index is -0.425. The summed E-state index contributed by atoms with van der Waals surface area (Å²) in [6.07, 6.45) is 1.07. The fraction of sp³-hybridized carbons (Fsp3) is 0.500. The fourth-order valence-electron chi connectivity index (χ4n) is 2.61. The van der Waals surface area contributed by atoms with Crippen LogP contribution in [0.5, 0.6) is 0 Å². The van der Waals surface area contributed by atoms with Crippen molar-refractivity contribution in [3.05, 3.63) is 35.1 Å². The van der Waals surface area contributed by atoms with Gasteiger partial charge in [0.25, 0.3) is 5.91 Å². The van der Waals surface area contributed by atoms with Gasteiger partial charge in [-0.15, -0.1) is 0 Å². The van der Waals surface area contributed by atoms with E-state index in [1.165, 1.54) is 18.2 Å². The van der Waals surface area contributed by atoms with Gasteiger partial charge in [0.2, 0.25) is 0 Å². The van der Waals surface area contributed by atoms with Gasteiger partial charge in [-0.1, -0.05) is 0 Å². The number of carbonyl (C=O) groups excluding carboxylic acids is 1. The molecule has 0 aliphatic carbocycles. The maximum atomic E-state index is 13.9. The Morgan fingerprint density at radius 3 is 2.95 bits per heavy atom. The van der Waals surface area contributed by atoms with E-state index in [9.17, 15) is 9.18 Å². The Bertz CT molecular complexity index is 495. The van der Waals surface area contributed by atoms with E-state index in [2.05, 4.69) is 4.90 Å². The number of nitrogens with one attached hydrogen (secondary N) is 1. The average molecular weight is 281 g/mol. The molecule has 1 fully saturated rings. The number of benzene rings is 1. The molecule has 0 saturated carbocycles. The van der Waals surface area contributed by atoms with Crippen LogP contribution >= 0.6 is 0 Å². The summed E-state index contributed by atoms with van der Waals surface area (Å²) < 4.78 is 19.4. The van der Waals surface area contributed by atoms with E-state index < -0.39 is 5.91 Å². The molecular weight excluding hydrogens is 261 g/mol. The topological polar surface area (TPSA) is 67.6 Å². The Labute approximate surface area is 117 Å². The molecule has 1 amide bonds. The van der Waals surface area contributed by atoms with Crippen LogP contribution in [0.15, 0.2) is 18.2 Å². The minimum Gasteiger partial charge on any atom is -0.377 e. The van der Waals surface area contributed by atoms with Gasteiger partial charge in [0.1, 0.15) is 5.82 Å². The summed E-state index contributed by atoms with van der Waals surface area (Å²) in [5, 5.41) is 0. The van der Waals surface area contributed by atoms with Gasteiger partial charge in [-0.25, -0.2) is 10.2 Å². The first-order valence-corrected chi connectivity index (χ1v) is 6.64. The molecule has 2 atom stereocenters. The molecule has 2 rings (SSSR count). The third kappa shape index (κ3) is 3.15. The maximum Gasteiger partial charge on any atom is 0.265 e. The van der Waals surface area contributed by atoms with Crippen molar-refractivity contribution in [3.8, 4) is 0 Å². The highest BCUT2D eigenvalue weighted by Crippen LogP contribution is 2.21. The molecule has 0 bridgehead atoms. The molecule has 0 radical (unpaired) electrons. The number of hydrogen-bond acceptors (Lipinski definition) is 4. The maximum absolute atomic E-state index is 13.9. The van der Waals surface area contributed by atoms with Crippen molar-refractivity contribution in [2.75, 3.05) is 13.7 Å². The molecule has 6 heteroatoms. The lowest BCUT2D eigenvalue weighted by Gasteiger charge is -2.26. The number of carbonyl (C=O) groups is 1. The van der Waals surface area contributed by atoms with Gasteiger partial charge < -0.3 is 4.74 Å². The lowest BCUT2D eigenvalue weighted by molar-refractivity contribution is 0.0810. The summed E-state index contributed by atoms with van der Waals surface area (Å²) in [5.41, 5.74) is 2.88. The first-order chi connectivity index (χ1) is 9.52. The molecule has 0 aromatic heterocycles. The SMILES string of the molecule is CC1OCCC1N(C)Cc1cc(C(=O)NN)ccc1F. The van der Waals surface area contributed by atoms with Crippen LogP contribution in [0.3, 0.4) is 0 Å². The molecule has 20 heavy (non-hydrogen) atoms. The van der Waals surface area contributed by atoms with Crippen molar-refractivity contribution in [2.45, 2.75) is 32.0 Å². The van der Waals surface area contributed by atoms with Crippen LogP contribution in [0.1, 0.15) is 29.3 Å². The number of ether oxygens (including phenoxy) is 1. The molecule has 1 aromatic carbocycles. The second kappa shape index (κ2) is 6.30. The number of nitrogens with two attached hydrogens (primary N) is 1. The predicted molar refractivity (Wildman–Crippen MR) is 73.3 cm³/mol. The standard InChI is InChI=1S/C14H20FN3O2/c1-9-13(5-6-20-9)18(2)8-11-7-10(14(19)17-16)3-4-12(11)15/h3-4,7,9,13H,5-6,8,16H2,1-2H3,(H,17,19). The van der Waals surface area contributed by atoms with E-state index in [1.54, 1.807) is 0 Å². The van der Waals surface area contributed by atoms with E-state index in [0.717, 1.165) is 13.0 Å². The molecule has 1 heterocycles. The molecule has 1 aromatic rings. The Morgan fingerprint density at radius 1 is 1.60 bits per heavy atom. The van der Waals surface area contributed by atoms with E-state index in [0.29, 0.717) is 17.7 Å². The van der Waals surface area contributed by atoms with Crippen molar-refractivity contribution in [1.82, 2.24) is 10.3 Å². The molecule has 1 aliphatic rings. The van der Waals surface area contributed by atoms with Gasteiger partial charge in [0.15, 0.2) is 0 Å². The molecular formula is C14H20FN3O2. The minimum absolute atomic E-state index is 0.138. The summed E-state index contributed by atoms with van der Waals surface area (Å²) in [5.74, 6) is 4.34. The third-order valence-electron chi connectivity index (χ3n) is 3.76. The number of rotatable bonds is 4. The molecule has 3 N–H and O–H groups in total. The van der Waals surface area contributed by atoms with Crippen LogP contribution in [0.25, 0.3) is 0 Å². The highest BCUT2D eigenvalue weighted by Gasteiger charge is 2.28. The zero-order valence-corrected chi connectivity index (χ0v) is 11.7. The number of hydrazine groups is 1. The summed E-state index contributed by atoms with van der Waals surface area (Å²) in [6.45, 7) is 3.17. The number of nitrogens with zero attached hydrogens (tertiary/aromatic N) is 1. The molecule has 1 aliphatic heterocycles. The van der Waals surface area contributed by atoms with Crippen LogP contribution in [-0.2, 0) is 11.3 Å². The van der Waals surface area contributed by atoms with Crippen LogP contribution in [0.2, 0.25) is 0 Å². The van der Waals surface area contributed by atoms with Crippen LogP contribution in [0, 0.1) is 5.82 Å². The van der Waals surface area contributed by atoms with Crippen molar-refractivity contribution >= 4 is 5.91 Å². The molecule has 2 unspecified atom stereocenters. The van der Waals surface area contributed by atoms with Crippen LogP contribution in [-0.4, -0.2) is 36.6 Å². The first-order valence-electron chi connectivity index (χ1n) is 6.64. The second-order valence-electron chi connectivity index (χ2n) is 5.13. The monoisotopic (exact) mass is 281 g/mol. The Kier molecular flexibility index (Phi) is 4.69. The van der Waals surface area contributed by atoms with Crippen molar-refractivity contribution < 1.29 is 13.9 Å². The molecule has 0 spiro atoms. The summed E-state index contributed by atoms with van der Waals surface area (Å²) in [7, 11) is 1.94. The summed E-state index contributed by atoms with van der Waals surface area (Å²) >= 11 is 0. The number of nitrogen functional groups attached to an aromatic ring is 1. The van der Waals surface area contributed by atoms with Crippen molar-refractivity contribution in [1.29, 1.82) is 0 Å². The predicted octanol–water partition coefficient (Wildman–Crippen LogP) is 1.04. The number of amides is 1. The van der Waals surface area contributed by atoms with E-state index in [4.69, 9.17) is 10.6 Å². The Morgan fingerprint density at radius 2 is 2.35 bits per heavy atom. The molecule has 1 saturated heterocycles. The van der Waals surface area contributed by atoms with E-state index in [1.807, 2.05) is 19.4 Å². The molecule has 110 valence electrons.